The van der Waals surface area contributed by atoms with Crippen LogP contribution in [0.3, 0.4) is 0 Å². The van der Waals surface area contributed by atoms with Crippen molar-refractivity contribution in [1.29, 1.82) is 0 Å². The van der Waals surface area contributed by atoms with Crippen LogP contribution in [0, 0.1) is 5.82 Å². The van der Waals surface area contributed by atoms with Crippen LogP contribution in [-0.4, -0.2) is 40.7 Å². The molecule has 0 spiro atoms. The van der Waals surface area contributed by atoms with E-state index in [0.29, 0.717) is 18.5 Å². The predicted octanol–water partition coefficient (Wildman–Crippen LogP) is 5.16. The molecule has 0 aromatic heterocycles. The maximum Gasteiger partial charge on any atom is 0.250 e. The molecule has 1 saturated carbocycles. The molecular weight excluding hydrogens is 415 g/mol. The van der Waals surface area contributed by atoms with Crippen LogP contribution in [0.25, 0.3) is 0 Å². The third kappa shape index (κ3) is 4.93. The van der Waals surface area contributed by atoms with Crippen LogP contribution >= 0.6 is 11.6 Å². The van der Waals surface area contributed by atoms with Gasteiger partial charge in [0.2, 0.25) is 5.91 Å². The number of rotatable bonds is 5. The highest BCUT2D eigenvalue weighted by atomic mass is 35.5. The lowest BCUT2D eigenvalue weighted by Gasteiger charge is -2.43. The van der Waals surface area contributed by atoms with Crippen LogP contribution in [0.4, 0.5) is 4.39 Å². The Hall–Kier alpha value is -2.40. The molecule has 2 aromatic rings. The monoisotopic (exact) mass is 442 g/mol. The predicted molar refractivity (Wildman–Crippen MR) is 119 cm³/mol. The summed E-state index contributed by atoms with van der Waals surface area (Å²) in [5.41, 5.74) is 1.59. The van der Waals surface area contributed by atoms with E-state index in [9.17, 15) is 14.0 Å². The molecule has 1 aliphatic heterocycles. The van der Waals surface area contributed by atoms with Gasteiger partial charge in [-0.05, 0) is 37.0 Å². The smallest absolute Gasteiger partial charge is 0.250 e. The summed E-state index contributed by atoms with van der Waals surface area (Å²) in [6, 6.07) is 13.2. The van der Waals surface area contributed by atoms with Gasteiger partial charge in [-0.1, -0.05) is 73.7 Å². The quantitative estimate of drug-likeness (QED) is 0.600. The van der Waals surface area contributed by atoms with Crippen molar-refractivity contribution >= 4 is 23.4 Å². The third-order valence-corrected chi connectivity index (χ3v) is 6.79. The van der Waals surface area contributed by atoms with Crippen LogP contribution in [0.15, 0.2) is 48.5 Å². The fraction of sp³-hybridized carbons (Fsp3) is 0.440. The summed E-state index contributed by atoms with van der Waals surface area (Å²) in [6.45, 7) is 0.513. The first-order valence-electron chi connectivity index (χ1n) is 11.1. The van der Waals surface area contributed by atoms with Crippen LogP contribution < -0.4 is 0 Å². The van der Waals surface area contributed by atoms with Crippen molar-refractivity contribution in [2.75, 3.05) is 13.1 Å². The molecular formula is C25H28ClFN2O2. The number of amides is 2. The zero-order chi connectivity index (χ0) is 21.8. The maximum absolute atomic E-state index is 13.7. The molecule has 2 aliphatic rings. The molecule has 1 atom stereocenters. The minimum absolute atomic E-state index is 0.0785. The average Bonchev–Trinajstić information content (AvgIpc) is 3.05. The lowest BCUT2D eigenvalue weighted by atomic mass is 9.97. The number of carbonyl (C=O) groups is 2. The van der Waals surface area contributed by atoms with E-state index in [0.717, 1.165) is 31.2 Å². The molecule has 0 bridgehead atoms. The van der Waals surface area contributed by atoms with Crippen molar-refractivity contribution in [3.05, 3.63) is 70.5 Å². The van der Waals surface area contributed by atoms with Crippen LogP contribution in [0.1, 0.15) is 55.7 Å². The summed E-state index contributed by atoms with van der Waals surface area (Å²) in [5, 5.41) is 0.179. The fourth-order valence-electron chi connectivity index (χ4n) is 4.80. The highest BCUT2D eigenvalue weighted by Crippen LogP contribution is 2.35. The molecule has 4 rings (SSSR count). The Morgan fingerprint density at radius 3 is 2.35 bits per heavy atom. The SMILES string of the molecule is O=C1[C@@H](c2ccc(F)cc2Cl)N(CCc2ccccc2)C(=O)CN1C1CCCCCC1. The largest absolute Gasteiger partial charge is 0.328 e. The molecule has 4 nitrogen and oxygen atoms in total. The molecule has 1 aliphatic carbocycles. The Kier molecular flexibility index (Phi) is 6.91. The van der Waals surface area contributed by atoms with Crippen molar-refractivity contribution in [2.45, 2.75) is 57.0 Å². The zero-order valence-corrected chi connectivity index (χ0v) is 18.4. The van der Waals surface area contributed by atoms with Gasteiger partial charge < -0.3 is 9.80 Å². The molecule has 1 saturated heterocycles. The molecule has 0 unspecified atom stereocenters. The summed E-state index contributed by atoms with van der Waals surface area (Å²) >= 11 is 6.37. The Balaban J connectivity index is 1.64. The minimum atomic E-state index is -0.818. The summed E-state index contributed by atoms with van der Waals surface area (Å²) in [6.07, 6.45) is 6.97. The van der Waals surface area contributed by atoms with Gasteiger partial charge in [0.15, 0.2) is 0 Å². The summed E-state index contributed by atoms with van der Waals surface area (Å²) in [7, 11) is 0. The molecule has 1 heterocycles. The minimum Gasteiger partial charge on any atom is -0.328 e. The first-order valence-corrected chi connectivity index (χ1v) is 11.5. The van der Waals surface area contributed by atoms with Crippen molar-refractivity contribution < 1.29 is 14.0 Å². The van der Waals surface area contributed by atoms with Gasteiger partial charge in [-0.15, -0.1) is 0 Å². The molecule has 164 valence electrons. The normalized spacial score (nSPS) is 20.8. The molecule has 0 radical (unpaired) electrons. The Bertz CT molecular complexity index is 928. The topological polar surface area (TPSA) is 40.6 Å². The van der Waals surface area contributed by atoms with Crippen LogP contribution in [-0.2, 0) is 16.0 Å². The van der Waals surface area contributed by atoms with E-state index in [4.69, 9.17) is 11.6 Å². The number of nitrogens with zero attached hydrogens (tertiary/aromatic N) is 2. The second-order valence-electron chi connectivity index (χ2n) is 8.50. The number of hydrogen-bond donors (Lipinski definition) is 0. The van der Waals surface area contributed by atoms with E-state index in [1.165, 1.54) is 25.0 Å². The zero-order valence-electron chi connectivity index (χ0n) is 17.6. The maximum atomic E-state index is 13.7. The van der Waals surface area contributed by atoms with Gasteiger partial charge in [0.25, 0.3) is 5.91 Å². The average molecular weight is 443 g/mol. The second-order valence-corrected chi connectivity index (χ2v) is 8.91. The molecule has 2 fully saturated rings. The Labute approximate surface area is 188 Å². The van der Waals surface area contributed by atoms with E-state index in [-0.39, 0.29) is 29.4 Å². The van der Waals surface area contributed by atoms with Crippen molar-refractivity contribution in [1.82, 2.24) is 9.80 Å². The number of hydrogen-bond acceptors (Lipinski definition) is 2. The molecule has 2 aromatic carbocycles. The summed E-state index contributed by atoms with van der Waals surface area (Å²) in [5.74, 6) is -0.641. The second kappa shape index (κ2) is 9.82. The first-order chi connectivity index (χ1) is 15.0. The Morgan fingerprint density at radius 1 is 0.968 bits per heavy atom. The van der Waals surface area contributed by atoms with E-state index in [1.54, 1.807) is 15.9 Å². The van der Waals surface area contributed by atoms with Gasteiger partial charge in [0.1, 0.15) is 18.4 Å². The number of halogens is 2. The Morgan fingerprint density at radius 2 is 1.68 bits per heavy atom. The molecule has 6 heteroatoms. The number of piperazine rings is 1. The van der Waals surface area contributed by atoms with E-state index >= 15 is 0 Å². The van der Waals surface area contributed by atoms with Crippen LogP contribution in [0.5, 0.6) is 0 Å². The first kappa shape index (κ1) is 21.8. The van der Waals surface area contributed by atoms with Gasteiger partial charge in [-0.3, -0.25) is 9.59 Å². The highest BCUT2D eigenvalue weighted by molar-refractivity contribution is 6.31. The summed E-state index contributed by atoms with van der Waals surface area (Å²) in [4.78, 5) is 30.4. The highest BCUT2D eigenvalue weighted by Gasteiger charge is 2.43. The van der Waals surface area contributed by atoms with Crippen molar-refractivity contribution in [2.24, 2.45) is 0 Å². The lowest BCUT2D eigenvalue weighted by molar-refractivity contribution is -0.158. The lowest BCUT2D eigenvalue weighted by Crippen LogP contribution is -2.58. The third-order valence-electron chi connectivity index (χ3n) is 6.46. The standard InChI is InChI=1S/C25H28ClFN2O2/c26-22-16-19(27)12-13-21(22)24-25(31)29(20-10-6-1-2-7-11-20)17-23(30)28(24)15-14-18-8-4-3-5-9-18/h3-5,8-9,12-13,16,20,24H,1-2,6-7,10-11,14-15,17H2/t24-/m1/s1. The van der Waals surface area contributed by atoms with E-state index in [2.05, 4.69) is 0 Å². The number of benzene rings is 2. The number of carbonyl (C=O) groups excluding carboxylic acids is 2. The van der Waals surface area contributed by atoms with Gasteiger partial charge in [0.05, 0.1) is 0 Å². The fourth-order valence-corrected chi connectivity index (χ4v) is 5.07. The van der Waals surface area contributed by atoms with Gasteiger partial charge in [-0.2, -0.15) is 0 Å². The van der Waals surface area contributed by atoms with Crippen molar-refractivity contribution in [3.63, 3.8) is 0 Å². The van der Waals surface area contributed by atoms with Crippen molar-refractivity contribution in [3.8, 4) is 0 Å². The van der Waals surface area contributed by atoms with E-state index in [1.807, 2.05) is 30.3 Å². The van der Waals surface area contributed by atoms with Gasteiger partial charge in [0, 0.05) is 23.2 Å². The molecule has 31 heavy (non-hydrogen) atoms. The molecule has 0 N–H and O–H groups in total. The summed E-state index contributed by atoms with van der Waals surface area (Å²) < 4.78 is 13.7. The van der Waals surface area contributed by atoms with Gasteiger partial charge >= 0.3 is 0 Å². The van der Waals surface area contributed by atoms with Gasteiger partial charge in [-0.25, -0.2) is 4.39 Å². The van der Waals surface area contributed by atoms with E-state index < -0.39 is 11.9 Å². The molecule has 2 amide bonds. The van der Waals surface area contributed by atoms with Crippen LogP contribution in [0.2, 0.25) is 5.02 Å².